The first-order valence-corrected chi connectivity index (χ1v) is 4.11. The second kappa shape index (κ2) is 7.98. The van der Waals surface area contributed by atoms with Crippen molar-refractivity contribution in [2.45, 2.75) is 6.42 Å². The molecule has 0 aromatic heterocycles. The highest BCUT2D eigenvalue weighted by Crippen LogP contribution is 1.84. The molecule has 0 spiro atoms. The van der Waals surface area contributed by atoms with Gasteiger partial charge in [-0.15, -0.1) is 11.6 Å². The molecule has 0 saturated heterocycles. The van der Waals surface area contributed by atoms with Gasteiger partial charge in [0.25, 0.3) is 0 Å². The zero-order valence-corrected chi connectivity index (χ0v) is 7.25. The first-order valence-electron chi connectivity index (χ1n) is 3.58. The Morgan fingerprint density at radius 3 is 2.73 bits per heavy atom. The predicted octanol–water partition coefficient (Wildman–Crippen LogP) is 1.24. The van der Waals surface area contributed by atoms with Gasteiger partial charge in [0.1, 0.15) is 5.83 Å². The molecule has 0 aliphatic heterocycles. The van der Waals surface area contributed by atoms with Crippen molar-refractivity contribution in [1.82, 2.24) is 10.6 Å². The summed E-state index contributed by atoms with van der Waals surface area (Å²) in [6.07, 6.45) is 0.930. The number of halogens is 2. The van der Waals surface area contributed by atoms with E-state index in [9.17, 15) is 4.39 Å². The summed E-state index contributed by atoms with van der Waals surface area (Å²) in [5.74, 6) is 0.312. The molecule has 0 saturated carbocycles. The van der Waals surface area contributed by atoms with Crippen molar-refractivity contribution >= 4 is 11.6 Å². The van der Waals surface area contributed by atoms with Crippen LogP contribution in [-0.2, 0) is 0 Å². The van der Waals surface area contributed by atoms with E-state index in [1.807, 2.05) is 0 Å². The van der Waals surface area contributed by atoms with E-state index in [2.05, 4.69) is 17.2 Å². The number of hydrogen-bond acceptors (Lipinski definition) is 2. The van der Waals surface area contributed by atoms with Gasteiger partial charge >= 0.3 is 0 Å². The molecule has 0 aromatic rings. The van der Waals surface area contributed by atoms with Gasteiger partial charge in [0.15, 0.2) is 0 Å². The molecule has 0 unspecified atom stereocenters. The van der Waals surface area contributed by atoms with Crippen LogP contribution < -0.4 is 10.6 Å². The molecular weight excluding hydrogens is 167 g/mol. The summed E-state index contributed by atoms with van der Waals surface area (Å²) >= 11 is 5.43. The Morgan fingerprint density at radius 1 is 1.45 bits per heavy atom. The van der Waals surface area contributed by atoms with Crippen LogP contribution in [0.3, 0.4) is 0 Å². The van der Waals surface area contributed by atoms with Crippen LogP contribution in [0, 0.1) is 0 Å². The predicted molar refractivity (Wildman–Crippen MR) is 46.5 cm³/mol. The Labute approximate surface area is 71.8 Å². The number of alkyl halides is 1. The summed E-state index contributed by atoms with van der Waals surface area (Å²) in [6.45, 7) is 4.78. The molecule has 0 atom stereocenters. The van der Waals surface area contributed by atoms with Gasteiger partial charge in [-0.05, 0) is 13.0 Å². The van der Waals surface area contributed by atoms with E-state index < -0.39 is 0 Å². The number of hydrogen-bond donors (Lipinski definition) is 2. The lowest BCUT2D eigenvalue weighted by Gasteiger charge is -2.03. The number of rotatable bonds is 7. The van der Waals surface area contributed by atoms with Gasteiger partial charge in [0.05, 0.1) is 0 Å². The molecule has 0 heterocycles. The van der Waals surface area contributed by atoms with E-state index in [4.69, 9.17) is 11.6 Å². The highest BCUT2D eigenvalue weighted by molar-refractivity contribution is 6.17. The van der Waals surface area contributed by atoms with Crippen molar-refractivity contribution in [2.75, 3.05) is 25.6 Å². The molecule has 0 fully saturated rings. The maximum absolute atomic E-state index is 12.0. The Balaban J connectivity index is 2.85. The minimum atomic E-state index is -0.343. The summed E-state index contributed by atoms with van der Waals surface area (Å²) in [4.78, 5) is 0. The second-order valence-corrected chi connectivity index (χ2v) is 2.54. The van der Waals surface area contributed by atoms with Crippen molar-refractivity contribution in [3.05, 3.63) is 12.4 Å². The van der Waals surface area contributed by atoms with Crippen molar-refractivity contribution in [3.63, 3.8) is 0 Å². The quantitative estimate of drug-likeness (QED) is 0.350. The van der Waals surface area contributed by atoms with Crippen LogP contribution in [0.5, 0.6) is 0 Å². The van der Waals surface area contributed by atoms with Crippen LogP contribution in [0.25, 0.3) is 0 Å². The first kappa shape index (κ1) is 10.9. The Hall–Kier alpha value is -0.120. The number of nitrogens with one attached hydrogen (secondary N) is 2. The van der Waals surface area contributed by atoms with Gasteiger partial charge in [-0.1, -0.05) is 6.58 Å². The molecule has 0 aromatic carbocycles. The van der Waals surface area contributed by atoms with Crippen LogP contribution in [-0.4, -0.2) is 25.6 Å². The molecule has 11 heavy (non-hydrogen) atoms. The van der Waals surface area contributed by atoms with E-state index >= 15 is 0 Å². The normalized spacial score (nSPS) is 10.0. The van der Waals surface area contributed by atoms with Crippen molar-refractivity contribution in [3.8, 4) is 0 Å². The molecule has 0 rings (SSSR count). The zero-order chi connectivity index (χ0) is 8.53. The second-order valence-electron chi connectivity index (χ2n) is 2.16. The molecule has 0 amide bonds. The lowest BCUT2D eigenvalue weighted by molar-refractivity contribution is 0.540. The Kier molecular flexibility index (Phi) is 7.89. The third-order valence-corrected chi connectivity index (χ3v) is 1.32. The molecule has 66 valence electrons. The maximum Gasteiger partial charge on any atom is 0.107 e. The average molecular weight is 181 g/mol. The van der Waals surface area contributed by atoms with Crippen molar-refractivity contribution in [2.24, 2.45) is 0 Å². The summed E-state index contributed by atoms with van der Waals surface area (Å²) in [7, 11) is 0. The topological polar surface area (TPSA) is 24.1 Å². The van der Waals surface area contributed by atoms with Gasteiger partial charge in [0, 0.05) is 19.1 Å². The summed E-state index contributed by atoms with van der Waals surface area (Å²) in [6, 6.07) is 0. The van der Waals surface area contributed by atoms with Crippen LogP contribution >= 0.6 is 11.6 Å². The lowest BCUT2D eigenvalue weighted by Crippen LogP contribution is -2.30. The summed E-state index contributed by atoms with van der Waals surface area (Å²) < 4.78 is 12.0. The van der Waals surface area contributed by atoms with Gasteiger partial charge in [0.2, 0.25) is 0 Å². The monoisotopic (exact) mass is 180 g/mol. The SMILES string of the molecule is C=C(F)CNCNCCCCl. The largest absolute Gasteiger partial charge is 0.304 e. The molecule has 2 nitrogen and oxygen atoms in total. The van der Waals surface area contributed by atoms with Gasteiger partial charge in [-0.3, -0.25) is 5.32 Å². The van der Waals surface area contributed by atoms with Crippen LogP contribution in [0.15, 0.2) is 12.4 Å². The van der Waals surface area contributed by atoms with Gasteiger partial charge in [-0.2, -0.15) is 0 Å². The van der Waals surface area contributed by atoms with Gasteiger partial charge in [-0.25, -0.2) is 4.39 Å². The third kappa shape index (κ3) is 9.88. The van der Waals surface area contributed by atoms with E-state index in [0.29, 0.717) is 12.5 Å². The average Bonchev–Trinajstić information content (AvgIpc) is 1.96. The van der Waals surface area contributed by atoms with Crippen molar-refractivity contribution < 1.29 is 4.39 Å². The third-order valence-electron chi connectivity index (χ3n) is 1.05. The minimum Gasteiger partial charge on any atom is -0.304 e. The zero-order valence-electron chi connectivity index (χ0n) is 6.50. The van der Waals surface area contributed by atoms with E-state index in [0.717, 1.165) is 13.0 Å². The molecule has 2 N–H and O–H groups in total. The van der Waals surface area contributed by atoms with Crippen LogP contribution in [0.4, 0.5) is 4.39 Å². The lowest BCUT2D eigenvalue weighted by atomic mass is 10.5. The molecule has 0 aliphatic rings. The summed E-state index contributed by atoms with van der Waals surface area (Å²) in [5, 5.41) is 5.85. The summed E-state index contributed by atoms with van der Waals surface area (Å²) in [5.41, 5.74) is 0. The standard InChI is InChI=1S/C7H14ClFN2/c1-7(9)5-11-6-10-4-2-3-8/h10-11H,1-6H2. The highest BCUT2D eigenvalue weighted by atomic mass is 35.5. The fourth-order valence-corrected chi connectivity index (χ4v) is 0.700. The first-order chi connectivity index (χ1) is 5.27. The van der Waals surface area contributed by atoms with E-state index in [1.165, 1.54) is 0 Å². The Bertz CT molecular complexity index is 109. The van der Waals surface area contributed by atoms with Crippen molar-refractivity contribution in [1.29, 1.82) is 0 Å². The van der Waals surface area contributed by atoms with Gasteiger partial charge < -0.3 is 5.32 Å². The minimum absolute atomic E-state index is 0.216. The fraction of sp³-hybridized carbons (Fsp3) is 0.714. The molecular formula is C7H14ClFN2. The molecule has 4 heteroatoms. The molecule has 0 bridgehead atoms. The van der Waals surface area contributed by atoms with E-state index in [-0.39, 0.29) is 12.4 Å². The maximum atomic E-state index is 12.0. The Morgan fingerprint density at radius 2 is 2.18 bits per heavy atom. The molecule has 0 radical (unpaired) electrons. The highest BCUT2D eigenvalue weighted by Gasteiger charge is 1.88. The van der Waals surface area contributed by atoms with Crippen LogP contribution in [0.2, 0.25) is 0 Å². The fourth-order valence-electron chi connectivity index (χ4n) is 0.567. The van der Waals surface area contributed by atoms with E-state index in [1.54, 1.807) is 0 Å². The molecule has 0 aliphatic carbocycles. The smallest absolute Gasteiger partial charge is 0.107 e. The van der Waals surface area contributed by atoms with Crippen LogP contribution in [0.1, 0.15) is 6.42 Å².